The fourth-order valence-electron chi connectivity index (χ4n) is 1.73. The molecule has 3 N–H and O–H groups in total. The average molecular weight is 263 g/mol. The lowest BCUT2D eigenvalue weighted by Gasteiger charge is -2.09. The molecular formula is C13H15ClN4. The van der Waals surface area contributed by atoms with Gasteiger partial charge in [-0.15, -0.1) is 0 Å². The lowest BCUT2D eigenvalue weighted by atomic mass is 10.1. The van der Waals surface area contributed by atoms with Gasteiger partial charge >= 0.3 is 0 Å². The zero-order chi connectivity index (χ0) is 13.0. The van der Waals surface area contributed by atoms with Crippen LogP contribution in [0.25, 0.3) is 0 Å². The molecule has 0 saturated heterocycles. The molecule has 0 bridgehead atoms. The van der Waals surface area contributed by atoms with Crippen molar-refractivity contribution in [1.82, 2.24) is 9.97 Å². The molecule has 0 fully saturated rings. The molecule has 94 valence electrons. The van der Waals surface area contributed by atoms with E-state index in [1.54, 1.807) is 18.3 Å². The summed E-state index contributed by atoms with van der Waals surface area (Å²) in [6.45, 7) is 2.72. The van der Waals surface area contributed by atoms with E-state index in [-0.39, 0.29) is 0 Å². The Labute approximate surface area is 111 Å². The fraction of sp³-hybridized carbons (Fsp3) is 0.231. The SMILES string of the molecule is CCc1cccnc1CNc1cc(N)cc(Cl)n1. The Bertz CT molecular complexity index is 522. The van der Waals surface area contributed by atoms with E-state index >= 15 is 0 Å². The van der Waals surface area contributed by atoms with Crippen molar-refractivity contribution in [3.63, 3.8) is 0 Å². The summed E-state index contributed by atoms with van der Waals surface area (Å²) in [4.78, 5) is 8.51. The Morgan fingerprint density at radius 3 is 2.94 bits per heavy atom. The van der Waals surface area contributed by atoms with Crippen LogP contribution in [-0.2, 0) is 13.0 Å². The van der Waals surface area contributed by atoms with E-state index in [1.807, 2.05) is 6.07 Å². The summed E-state index contributed by atoms with van der Waals surface area (Å²) in [6, 6.07) is 7.38. The summed E-state index contributed by atoms with van der Waals surface area (Å²) in [7, 11) is 0. The first-order valence-corrected chi connectivity index (χ1v) is 6.16. The van der Waals surface area contributed by atoms with Crippen molar-refractivity contribution in [1.29, 1.82) is 0 Å². The Balaban J connectivity index is 2.11. The van der Waals surface area contributed by atoms with Crippen molar-refractivity contribution in [2.75, 3.05) is 11.1 Å². The predicted octanol–water partition coefficient (Wildman–Crippen LogP) is 2.89. The molecule has 4 nitrogen and oxygen atoms in total. The second-order valence-corrected chi connectivity index (χ2v) is 4.31. The highest BCUT2D eigenvalue weighted by Crippen LogP contribution is 2.17. The number of aryl methyl sites for hydroxylation is 1. The Morgan fingerprint density at radius 1 is 1.39 bits per heavy atom. The maximum atomic E-state index is 5.84. The number of anilines is 2. The number of nitrogen functional groups attached to an aromatic ring is 1. The van der Waals surface area contributed by atoms with Gasteiger partial charge in [-0.05, 0) is 24.1 Å². The number of aromatic nitrogens is 2. The first kappa shape index (κ1) is 12.6. The van der Waals surface area contributed by atoms with Gasteiger partial charge in [-0.25, -0.2) is 4.98 Å². The van der Waals surface area contributed by atoms with Crippen molar-refractivity contribution in [2.45, 2.75) is 19.9 Å². The average Bonchev–Trinajstić information content (AvgIpc) is 2.35. The van der Waals surface area contributed by atoms with E-state index in [4.69, 9.17) is 17.3 Å². The lowest BCUT2D eigenvalue weighted by molar-refractivity contribution is 0.965. The molecular weight excluding hydrogens is 248 g/mol. The van der Waals surface area contributed by atoms with E-state index in [9.17, 15) is 0 Å². The van der Waals surface area contributed by atoms with Crippen LogP contribution in [0, 0.1) is 0 Å². The monoisotopic (exact) mass is 262 g/mol. The van der Waals surface area contributed by atoms with Gasteiger partial charge in [-0.3, -0.25) is 4.98 Å². The van der Waals surface area contributed by atoms with Crippen LogP contribution in [0.3, 0.4) is 0 Å². The molecule has 18 heavy (non-hydrogen) atoms. The number of halogens is 1. The Morgan fingerprint density at radius 2 is 2.22 bits per heavy atom. The molecule has 0 aliphatic rings. The molecule has 0 spiro atoms. The van der Waals surface area contributed by atoms with Gasteiger partial charge in [0.1, 0.15) is 11.0 Å². The van der Waals surface area contributed by atoms with Gasteiger partial charge in [0.25, 0.3) is 0 Å². The number of nitrogens with two attached hydrogens (primary N) is 1. The largest absolute Gasteiger partial charge is 0.399 e. The van der Waals surface area contributed by atoms with Crippen LogP contribution >= 0.6 is 11.6 Å². The Kier molecular flexibility index (Phi) is 3.99. The standard InChI is InChI=1S/C13H15ClN4/c1-2-9-4-3-5-16-11(9)8-17-13-7-10(15)6-12(14)18-13/h3-7H,2,8H2,1H3,(H3,15,17,18). The molecule has 0 aliphatic heterocycles. The van der Waals surface area contributed by atoms with Gasteiger partial charge in [-0.1, -0.05) is 24.6 Å². The molecule has 2 heterocycles. The predicted molar refractivity (Wildman–Crippen MR) is 74.6 cm³/mol. The number of nitrogens with one attached hydrogen (secondary N) is 1. The van der Waals surface area contributed by atoms with E-state index < -0.39 is 0 Å². The summed E-state index contributed by atoms with van der Waals surface area (Å²) in [6.07, 6.45) is 2.74. The van der Waals surface area contributed by atoms with E-state index in [1.165, 1.54) is 5.56 Å². The summed E-state index contributed by atoms with van der Waals surface area (Å²) in [5.74, 6) is 0.660. The molecule has 2 rings (SSSR count). The smallest absolute Gasteiger partial charge is 0.133 e. The minimum absolute atomic E-state index is 0.384. The van der Waals surface area contributed by atoms with Gasteiger partial charge in [0.15, 0.2) is 0 Å². The van der Waals surface area contributed by atoms with Gasteiger partial charge in [0, 0.05) is 18.0 Å². The van der Waals surface area contributed by atoms with E-state index in [0.717, 1.165) is 12.1 Å². The molecule has 0 atom stereocenters. The minimum atomic E-state index is 0.384. The van der Waals surface area contributed by atoms with Crippen LogP contribution in [-0.4, -0.2) is 9.97 Å². The van der Waals surface area contributed by atoms with Crippen molar-refractivity contribution in [3.8, 4) is 0 Å². The minimum Gasteiger partial charge on any atom is -0.399 e. The van der Waals surface area contributed by atoms with Crippen molar-refractivity contribution in [3.05, 3.63) is 46.9 Å². The van der Waals surface area contributed by atoms with Crippen molar-refractivity contribution in [2.24, 2.45) is 0 Å². The normalized spacial score (nSPS) is 10.3. The zero-order valence-electron chi connectivity index (χ0n) is 10.2. The second kappa shape index (κ2) is 5.69. The number of hydrogen-bond acceptors (Lipinski definition) is 4. The summed E-state index contributed by atoms with van der Waals surface area (Å²) in [5, 5.41) is 3.56. The topological polar surface area (TPSA) is 63.8 Å². The summed E-state index contributed by atoms with van der Waals surface area (Å²) < 4.78 is 0. The lowest BCUT2D eigenvalue weighted by Crippen LogP contribution is -2.06. The van der Waals surface area contributed by atoms with Crippen LogP contribution in [0.4, 0.5) is 11.5 Å². The molecule has 0 saturated carbocycles. The maximum absolute atomic E-state index is 5.84. The quantitative estimate of drug-likeness (QED) is 0.832. The van der Waals surface area contributed by atoms with E-state index in [2.05, 4.69) is 28.3 Å². The molecule has 2 aromatic heterocycles. The van der Waals surface area contributed by atoms with Crippen LogP contribution in [0.5, 0.6) is 0 Å². The fourth-order valence-corrected chi connectivity index (χ4v) is 1.95. The number of pyridine rings is 2. The van der Waals surface area contributed by atoms with E-state index in [0.29, 0.717) is 23.2 Å². The van der Waals surface area contributed by atoms with Gasteiger partial charge in [-0.2, -0.15) is 0 Å². The first-order valence-electron chi connectivity index (χ1n) is 5.78. The molecule has 0 aromatic carbocycles. The highest BCUT2D eigenvalue weighted by Gasteiger charge is 2.03. The van der Waals surface area contributed by atoms with Crippen LogP contribution in [0.2, 0.25) is 5.15 Å². The van der Waals surface area contributed by atoms with Crippen molar-refractivity contribution < 1.29 is 0 Å². The molecule has 0 radical (unpaired) electrons. The second-order valence-electron chi connectivity index (χ2n) is 3.92. The maximum Gasteiger partial charge on any atom is 0.133 e. The third kappa shape index (κ3) is 3.11. The summed E-state index contributed by atoms with van der Waals surface area (Å²) in [5.41, 5.74) is 8.53. The molecule has 0 amide bonds. The van der Waals surface area contributed by atoms with Crippen LogP contribution in [0.15, 0.2) is 30.5 Å². The highest BCUT2D eigenvalue weighted by atomic mass is 35.5. The highest BCUT2D eigenvalue weighted by molar-refractivity contribution is 6.29. The first-order chi connectivity index (χ1) is 8.69. The third-order valence-electron chi connectivity index (χ3n) is 2.62. The molecule has 0 aliphatic carbocycles. The Hall–Kier alpha value is -1.81. The van der Waals surface area contributed by atoms with Gasteiger partial charge in [0.2, 0.25) is 0 Å². The van der Waals surface area contributed by atoms with Crippen LogP contribution in [0.1, 0.15) is 18.2 Å². The summed E-state index contributed by atoms with van der Waals surface area (Å²) >= 11 is 5.84. The third-order valence-corrected chi connectivity index (χ3v) is 2.81. The zero-order valence-corrected chi connectivity index (χ0v) is 10.9. The van der Waals surface area contributed by atoms with Gasteiger partial charge < -0.3 is 11.1 Å². The number of rotatable bonds is 4. The number of nitrogens with zero attached hydrogens (tertiary/aromatic N) is 2. The van der Waals surface area contributed by atoms with Gasteiger partial charge in [0.05, 0.1) is 12.2 Å². The molecule has 5 heteroatoms. The molecule has 0 unspecified atom stereocenters. The number of hydrogen-bond donors (Lipinski definition) is 2. The molecule has 2 aromatic rings. The van der Waals surface area contributed by atoms with Crippen molar-refractivity contribution >= 4 is 23.1 Å². The van der Waals surface area contributed by atoms with Crippen LogP contribution < -0.4 is 11.1 Å².